The second-order valence-corrected chi connectivity index (χ2v) is 6.26. The minimum Gasteiger partial charge on any atom is -0.497 e. The van der Waals surface area contributed by atoms with Gasteiger partial charge < -0.3 is 10.1 Å². The molecule has 0 aliphatic rings. The van der Waals surface area contributed by atoms with E-state index in [4.69, 9.17) is 4.74 Å². The van der Waals surface area contributed by atoms with E-state index in [2.05, 4.69) is 15.5 Å². The molecule has 0 radical (unpaired) electrons. The second-order valence-electron chi connectivity index (χ2n) is 6.26. The summed E-state index contributed by atoms with van der Waals surface area (Å²) in [4.78, 5) is 12.6. The van der Waals surface area contributed by atoms with Gasteiger partial charge in [0.1, 0.15) is 5.75 Å². The number of methoxy groups -OCH3 is 1. The molecule has 1 amide bonds. The minimum absolute atomic E-state index is 0.190. The van der Waals surface area contributed by atoms with E-state index in [0.717, 1.165) is 27.8 Å². The number of amides is 1. The lowest BCUT2D eigenvalue weighted by Gasteiger charge is -2.09. The van der Waals surface area contributed by atoms with E-state index in [1.165, 1.54) is 0 Å². The quantitative estimate of drug-likeness (QED) is 0.520. The Labute approximate surface area is 162 Å². The maximum atomic E-state index is 12.6. The van der Waals surface area contributed by atoms with Crippen LogP contribution in [0.25, 0.3) is 23.1 Å². The first kappa shape index (κ1) is 17.5. The highest BCUT2D eigenvalue weighted by atomic mass is 16.5. The Morgan fingerprint density at radius 2 is 1.82 bits per heavy atom. The lowest BCUT2D eigenvalue weighted by molar-refractivity contribution is 0.102. The summed E-state index contributed by atoms with van der Waals surface area (Å²) in [6.45, 7) is 0. The molecule has 138 valence electrons. The molecule has 28 heavy (non-hydrogen) atoms. The average molecular weight is 369 g/mol. The van der Waals surface area contributed by atoms with Crippen LogP contribution < -0.4 is 10.1 Å². The number of nitrogens with one attached hydrogen (secondary N) is 2. The number of benzene rings is 3. The molecule has 0 atom stereocenters. The summed E-state index contributed by atoms with van der Waals surface area (Å²) in [5, 5.41) is 11.4. The molecule has 4 rings (SSSR count). The van der Waals surface area contributed by atoms with E-state index in [9.17, 15) is 4.79 Å². The highest BCUT2D eigenvalue weighted by Gasteiger charge is 2.09. The Bertz CT molecular complexity index is 1160. The van der Waals surface area contributed by atoms with Crippen molar-refractivity contribution in [2.75, 3.05) is 12.4 Å². The number of aromatic amines is 1. The number of hydrogen-bond acceptors (Lipinski definition) is 3. The highest BCUT2D eigenvalue weighted by molar-refractivity contribution is 6.05. The van der Waals surface area contributed by atoms with Gasteiger partial charge >= 0.3 is 0 Å². The molecule has 0 saturated heterocycles. The van der Waals surface area contributed by atoms with Gasteiger partial charge in [-0.3, -0.25) is 9.89 Å². The summed E-state index contributed by atoms with van der Waals surface area (Å²) in [6, 6.07) is 22.7. The fraction of sp³-hybridized carbons (Fsp3) is 0.0435. The lowest BCUT2D eigenvalue weighted by Crippen LogP contribution is -2.12. The normalized spacial score (nSPS) is 11.0. The molecule has 0 fully saturated rings. The van der Waals surface area contributed by atoms with Gasteiger partial charge in [0.15, 0.2) is 0 Å². The van der Waals surface area contributed by atoms with Crippen LogP contribution in [0.2, 0.25) is 0 Å². The number of rotatable bonds is 5. The van der Waals surface area contributed by atoms with Gasteiger partial charge in [0.05, 0.1) is 18.3 Å². The lowest BCUT2D eigenvalue weighted by atomic mass is 10.1. The average Bonchev–Trinajstić information content (AvgIpc) is 3.16. The summed E-state index contributed by atoms with van der Waals surface area (Å²) < 4.78 is 5.19. The fourth-order valence-electron chi connectivity index (χ4n) is 3.00. The Hall–Kier alpha value is -3.86. The van der Waals surface area contributed by atoms with Gasteiger partial charge in [-0.15, -0.1) is 0 Å². The third kappa shape index (κ3) is 3.64. The molecule has 3 aromatic carbocycles. The Morgan fingerprint density at radius 1 is 1.00 bits per heavy atom. The van der Waals surface area contributed by atoms with Crippen LogP contribution in [0.5, 0.6) is 5.75 Å². The van der Waals surface area contributed by atoms with Crippen molar-refractivity contribution in [1.29, 1.82) is 0 Å². The summed E-state index contributed by atoms with van der Waals surface area (Å²) >= 11 is 0. The van der Waals surface area contributed by atoms with Crippen LogP contribution in [0, 0.1) is 0 Å². The molecule has 0 unspecified atom stereocenters. The van der Waals surface area contributed by atoms with Gasteiger partial charge in [-0.2, -0.15) is 5.10 Å². The molecule has 0 saturated carbocycles. The topological polar surface area (TPSA) is 67.0 Å². The van der Waals surface area contributed by atoms with Gasteiger partial charge in [-0.1, -0.05) is 48.5 Å². The minimum atomic E-state index is -0.190. The largest absolute Gasteiger partial charge is 0.497 e. The van der Waals surface area contributed by atoms with Crippen molar-refractivity contribution < 1.29 is 9.53 Å². The first-order chi connectivity index (χ1) is 13.7. The van der Waals surface area contributed by atoms with Gasteiger partial charge in [0.25, 0.3) is 5.91 Å². The maximum absolute atomic E-state index is 12.6. The van der Waals surface area contributed by atoms with Crippen LogP contribution >= 0.6 is 0 Å². The Morgan fingerprint density at radius 3 is 2.71 bits per heavy atom. The molecule has 1 aromatic heterocycles. The van der Waals surface area contributed by atoms with Crippen LogP contribution in [-0.2, 0) is 0 Å². The number of fused-ring (bicyclic) bond motifs is 1. The Kier molecular flexibility index (Phi) is 4.89. The molecule has 0 bridgehead atoms. The molecular weight excluding hydrogens is 350 g/mol. The maximum Gasteiger partial charge on any atom is 0.255 e. The van der Waals surface area contributed by atoms with Gasteiger partial charge in [-0.25, -0.2) is 0 Å². The second kappa shape index (κ2) is 7.80. The first-order valence-corrected chi connectivity index (χ1v) is 8.90. The molecule has 0 aliphatic heterocycles. The SMILES string of the molecule is COc1cccc(C(=O)Nc2ccccc2C=Cc2n[nH]c3ccccc23)c1. The Balaban J connectivity index is 1.59. The molecule has 4 aromatic rings. The van der Waals surface area contributed by atoms with Crippen LogP contribution in [-0.4, -0.2) is 23.2 Å². The predicted octanol–water partition coefficient (Wildman–Crippen LogP) is 4.99. The molecule has 5 nitrogen and oxygen atoms in total. The van der Waals surface area contributed by atoms with Crippen LogP contribution in [0.15, 0.2) is 72.8 Å². The van der Waals surface area contributed by atoms with E-state index in [-0.39, 0.29) is 5.91 Å². The number of hydrogen-bond donors (Lipinski definition) is 2. The smallest absolute Gasteiger partial charge is 0.255 e. The van der Waals surface area contributed by atoms with E-state index in [0.29, 0.717) is 11.3 Å². The monoisotopic (exact) mass is 369 g/mol. The molecule has 5 heteroatoms. The van der Waals surface area contributed by atoms with Crippen LogP contribution in [0.4, 0.5) is 5.69 Å². The molecular formula is C23H19N3O2. The van der Waals surface area contributed by atoms with Crippen molar-refractivity contribution in [3.8, 4) is 5.75 Å². The molecule has 0 aliphatic carbocycles. The van der Waals surface area contributed by atoms with Crippen molar-refractivity contribution in [2.45, 2.75) is 0 Å². The van der Waals surface area contributed by atoms with E-state index in [1.54, 1.807) is 25.3 Å². The number of nitrogens with zero attached hydrogens (tertiary/aromatic N) is 1. The number of carbonyl (C=O) groups excluding carboxylic acids is 1. The van der Waals surface area contributed by atoms with E-state index >= 15 is 0 Å². The van der Waals surface area contributed by atoms with Gasteiger partial charge in [0, 0.05) is 16.6 Å². The van der Waals surface area contributed by atoms with Crippen molar-refractivity contribution in [3.63, 3.8) is 0 Å². The molecule has 0 spiro atoms. The molecule has 1 heterocycles. The molecule has 2 N–H and O–H groups in total. The van der Waals surface area contributed by atoms with Crippen molar-refractivity contribution >= 4 is 34.6 Å². The third-order valence-electron chi connectivity index (χ3n) is 4.46. The zero-order chi connectivity index (χ0) is 19.3. The number of aromatic nitrogens is 2. The fourth-order valence-corrected chi connectivity index (χ4v) is 3.00. The standard InChI is InChI=1S/C23H19N3O2/c1-28-18-9-6-8-17(15-18)23(27)24-20-11-4-2-7-16(20)13-14-22-19-10-3-5-12-21(19)25-26-22/h2-15H,1H3,(H,24,27)(H,25,26). The summed E-state index contributed by atoms with van der Waals surface area (Å²) in [7, 11) is 1.58. The number of para-hydroxylation sites is 2. The van der Waals surface area contributed by atoms with Crippen molar-refractivity contribution in [2.24, 2.45) is 0 Å². The summed E-state index contributed by atoms with van der Waals surface area (Å²) in [6.07, 6.45) is 3.89. The number of carbonyl (C=O) groups is 1. The number of anilines is 1. The number of H-pyrrole nitrogens is 1. The predicted molar refractivity (Wildman–Crippen MR) is 112 cm³/mol. The zero-order valence-electron chi connectivity index (χ0n) is 15.3. The summed E-state index contributed by atoms with van der Waals surface area (Å²) in [5.74, 6) is 0.455. The van der Waals surface area contributed by atoms with Crippen molar-refractivity contribution in [1.82, 2.24) is 10.2 Å². The third-order valence-corrected chi connectivity index (χ3v) is 4.46. The summed E-state index contributed by atoms with van der Waals surface area (Å²) in [5.41, 5.74) is 4.00. The van der Waals surface area contributed by atoms with Crippen LogP contribution in [0.1, 0.15) is 21.6 Å². The highest BCUT2D eigenvalue weighted by Crippen LogP contribution is 2.22. The van der Waals surface area contributed by atoms with Gasteiger partial charge in [0.2, 0.25) is 0 Å². The van der Waals surface area contributed by atoms with E-state index in [1.807, 2.05) is 66.7 Å². The number of ether oxygens (including phenoxy) is 1. The van der Waals surface area contributed by atoms with Crippen molar-refractivity contribution in [3.05, 3.63) is 89.6 Å². The van der Waals surface area contributed by atoms with E-state index < -0.39 is 0 Å². The van der Waals surface area contributed by atoms with Gasteiger partial charge in [-0.05, 0) is 42.0 Å². The first-order valence-electron chi connectivity index (χ1n) is 8.90. The van der Waals surface area contributed by atoms with Crippen LogP contribution in [0.3, 0.4) is 0 Å². The zero-order valence-corrected chi connectivity index (χ0v) is 15.3.